The number of fused-ring (bicyclic) bond motifs is 1. The Kier molecular flexibility index (Phi) is 2.92. The summed E-state index contributed by atoms with van der Waals surface area (Å²) in [5.41, 5.74) is 1.50. The van der Waals surface area contributed by atoms with Crippen LogP contribution in [0.25, 0.3) is 11.0 Å². The number of halogens is 2. The first-order valence-corrected chi connectivity index (χ1v) is 6.57. The zero-order valence-electron chi connectivity index (χ0n) is 9.74. The molecule has 18 heavy (non-hydrogen) atoms. The number of hydrogen-bond donors (Lipinski definition) is 1. The lowest BCUT2D eigenvalue weighted by Crippen LogP contribution is -2.16. The second-order valence-corrected chi connectivity index (χ2v) is 5.31. The van der Waals surface area contributed by atoms with E-state index in [4.69, 9.17) is 28.6 Å². The van der Waals surface area contributed by atoms with Gasteiger partial charge in [-0.15, -0.1) is 0 Å². The van der Waals surface area contributed by atoms with E-state index < -0.39 is 5.82 Å². The molecule has 1 aliphatic rings. The number of aromatic nitrogens is 2. The molecule has 1 aromatic heterocycles. The maximum absolute atomic E-state index is 13.4. The lowest BCUT2D eigenvalue weighted by molar-refractivity contribution is 0.108. The van der Waals surface area contributed by atoms with Gasteiger partial charge in [0.1, 0.15) is 5.82 Å². The second kappa shape index (κ2) is 4.33. The summed E-state index contributed by atoms with van der Waals surface area (Å²) < 4.78 is 21.5. The molecule has 3 rings (SSSR count). The molecular formula is C12H12ClFN2OS. The molecule has 0 radical (unpaired) electrons. The number of nitrogens with one attached hydrogen (secondary N) is 1. The number of nitrogens with zero attached hydrogens (tertiary/aromatic N) is 1. The molecule has 2 unspecified atom stereocenters. The summed E-state index contributed by atoms with van der Waals surface area (Å²) in [6.45, 7) is 2.73. The van der Waals surface area contributed by atoms with E-state index in [1.54, 1.807) is 6.07 Å². The molecule has 1 aromatic carbocycles. The van der Waals surface area contributed by atoms with Crippen molar-refractivity contribution in [1.82, 2.24) is 9.55 Å². The molecule has 1 saturated heterocycles. The highest BCUT2D eigenvalue weighted by molar-refractivity contribution is 7.71. The van der Waals surface area contributed by atoms with Gasteiger partial charge in [0.05, 0.1) is 28.2 Å². The number of rotatable bonds is 1. The van der Waals surface area contributed by atoms with Crippen molar-refractivity contribution in [3.8, 4) is 0 Å². The van der Waals surface area contributed by atoms with Crippen molar-refractivity contribution in [1.29, 1.82) is 0 Å². The van der Waals surface area contributed by atoms with Crippen molar-refractivity contribution in [2.75, 3.05) is 6.61 Å². The molecule has 0 saturated carbocycles. The number of ether oxygens (including phenoxy) is 1. The van der Waals surface area contributed by atoms with Gasteiger partial charge >= 0.3 is 0 Å². The smallest absolute Gasteiger partial charge is 0.178 e. The molecule has 2 aromatic rings. The van der Waals surface area contributed by atoms with Gasteiger partial charge in [-0.3, -0.25) is 0 Å². The number of imidazole rings is 1. The first kappa shape index (κ1) is 12.1. The summed E-state index contributed by atoms with van der Waals surface area (Å²) in [6, 6.07) is 3.17. The molecule has 96 valence electrons. The highest BCUT2D eigenvalue weighted by atomic mass is 35.5. The SMILES string of the molecule is CC1OCCC1n1c(=S)[nH]c2cc(F)c(Cl)cc21. The molecule has 2 atom stereocenters. The van der Waals surface area contributed by atoms with Gasteiger partial charge in [0.2, 0.25) is 0 Å². The average Bonchev–Trinajstić information content (AvgIpc) is 2.83. The Morgan fingerprint density at radius 1 is 1.56 bits per heavy atom. The van der Waals surface area contributed by atoms with Gasteiger partial charge in [-0.2, -0.15) is 0 Å². The van der Waals surface area contributed by atoms with Crippen LogP contribution in [0.1, 0.15) is 19.4 Å². The molecular weight excluding hydrogens is 275 g/mol. The predicted molar refractivity (Wildman–Crippen MR) is 71.2 cm³/mol. The van der Waals surface area contributed by atoms with Crippen molar-refractivity contribution in [3.05, 3.63) is 27.7 Å². The minimum atomic E-state index is -0.441. The van der Waals surface area contributed by atoms with E-state index in [2.05, 4.69) is 4.98 Å². The quantitative estimate of drug-likeness (QED) is 0.807. The van der Waals surface area contributed by atoms with Crippen LogP contribution in [0.5, 0.6) is 0 Å². The summed E-state index contributed by atoms with van der Waals surface area (Å²) in [5.74, 6) is -0.441. The Labute approximate surface area is 114 Å². The van der Waals surface area contributed by atoms with Crippen LogP contribution in [-0.2, 0) is 4.74 Å². The Bertz CT molecular complexity index is 666. The molecule has 3 nitrogen and oxygen atoms in total. The van der Waals surface area contributed by atoms with Crippen molar-refractivity contribution < 1.29 is 9.13 Å². The number of hydrogen-bond acceptors (Lipinski definition) is 2. The summed E-state index contributed by atoms with van der Waals surface area (Å²) in [6.07, 6.45) is 0.997. The fraction of sp³-hybridized carbons (Fsp3) is 0.417. The van der Waals surface area contributed by atoms with Crippen molar-refractivity contribution in [3.63, 3.8) is 0 Å². The molecule has 0 bridgehead atoms. The van der Waals surface area contributed by atoms with Gasteiger partial charge in [0.25, 0.3) is 0 Å². The lowest BCUT2D eigenvalue weighted by atomic mass is 10.1. The fourth-order valence-corrected chi connectivity index (χ4v) is 3.01. The molecule has 2 heterocycles. The third-order valence-electron chi connectivity index (χ3n) is 3.43. The van der Waals surface area contributed by atoms with Crippen LogP contribution in [0.15, 0.2) is 12.1 Å². The number of aromatic amines is 1. The zero-order valence-corrected chi connectivity index (χ0v) is 11.3. The highest BCUT2D eigenvalue weighted by Crippen LogP contribution is 2.31. The first-order valence-electron chi connectivity index (χ1n) is 5.79. The monoisotopic (exact) mass is 286 g/mol. The van der Waals surface area contributed by atoms with Gasteiger partial charge in [-0.05, 0) is 31.6 Å². The van der Waals surface area contributed by atoms with Crippen molar-refractivity contribution >= 4 is 34.9 Å². The minimum absolute atomic E-state index is 0.0968. The van der Waals surface area contributed by atoms with E-state index in [-0.39, 0.29) is 17.2 Å². The lowest BCUT2D eigenvalue weighted by Gasteiger charge is -2.16. The van der Waals surface area contributed by atoms with Crippen molar-refractivity contribution in [2.24, 2.45) is 0 Å². The van der Waals surface area contributed by atoms with Crippen LogP contribution in [0.4, 0.5) is 4.39 Å². The highest BCUT2D eigenvalue weighted by Gasteiger charge is 2.28. The van der Waals surface area contributed by atoms with Crippen molar-refractivity contribution in [2.45, 2.75) is 25.5 Å². The van der Waals surface area contributed by atoms with E-state index in [1.165, 1.54) is 6.07 Å². The Balaban J connectivity index is 2.25. The minimum Gasteiger partial charge on any atom is -0.376 e. The predicted octanol–water partition coefficient (Wildman–Crippen LogP) is 3.84. The van der Waals surface area contributed by atoms with Crippen LogP contribution in [0.2, 0.25) is 5.02 Å². The average molecular weight is 287 g/mol. The van der Waals surface area contributed by atoms with E-state index in [1.807, 2.05) is 11.5 Å². The summed E-state index contributed by atoms with van der Waals surface area (Å²) >= 11 is 11.2. The standard InChI is InChI=1S/C12H12ClFN2OS/c1-6-10(2-3-17-6)16-11-4-7(13)8(14)5-9(11)15-12(16)18/h4-6,10H,2-3H2,1H3,(H,15,18). The topological polar surface area (TPSA) is 29.9 Å². The molecule has 0 spiro atoms. The van der Waals surface area contributed by atoms with Gasteiger partial charge in [0, 0.05) is 12.7 Å². The Morgan fingerprint density at radius 3 is 3.00 bits per heavy atom. The molecule has 1 fully saturated rings. The molecule has 0 amide bonds. The molecule has 1 aliphatic heterocycles. The molecule has 6 heteroatoms. The second-order valence-electron chi connectivity index (χ2n) is 4.52. The summed E-state index contributed by atoms with van der Waals surface area (Å²) in [7, 11) is 0. The maximum Gasteiger partial charge on any atom is 0.178 e. The van der Waals surface area contributed by atoms with E-state index in [0.717, 1.165) is 18.5 Å². The van der Waals surface area contributed by atoms with Gasteiger partial charge in [0.15, 0.2) is 4.77 Å². The van der Waals surface area contributed by atoms with Crippen LogP contribution in [0, 0.1) is 10.6 Å². The zero-order chi connectivity index (χ0) is 12.9. The largest absolute Gasteiger partial charge is 0.376 e. The third-order valence-corrected chi connectivity index (χ3v) is 4.01. The summed E-state index contributed by atoms with van der Waals surface area (Å²) in [4.78, 5) is 3.02. The maximum atomic E-state index is 13.4. The van der Waals surface area contributed by atoms with E-state index in [0.29, 0.717) is 10.3 Å². The van der Waals surface area contributed by atoms with Crippen LogP contribution in [-0.4, -0.2) is 22.3 Å². The Hall–Kier alpha value is -0.910. The van der Waals surface area contributed by atoms with Crippen LogP contribution < -0.4 is 0 Å². The van der Waals surface area contributed by atoms with E-state index in [9.17, 15) is 4.39 Å². The van der Waals surface area contributed by atoms with Gasteiger partial charge < -0.3 is 14.3 Å². The number of H-pyrrole nitrogens is 1. The van der Waals surface area contributed by atoms with E-state index >= 15 is 0 Å². The van der Waals surface area contributed by atoms with Gasteiger partial charge in [-0.25, -0.2) is 4.39 Å². The molecule has 1 N–H and O–H groups in total. The van der Waals surface area contributed by atoms with Crippen LogP contribution >= 0.6 is 23.8 Å². The first-order chi connectivity index (χ1) is 8.58. The normalized spacial score (nSPS) is 23.9. The summed E-state index contributed by atoms with van der Waals surface area (Å²) in [5, 5.41) is 0.108. The fourth-order valence-electron chi connectivity index (χ4n) is 2.51. The third kappa shape index (κ3) is 1.77. The molecule has 0 aliphatic carbocycles. The van der Waals surface area contributed by atoms with Crippen LogP contribution in [0.3, 0.4) is 0 Å². The number of benzene rings is 1. The van der Waals surface area contributed by atoms with Gasteiger partial charge in [-0.1, -0.05) is 11.6 Å². The Morgan fingerprint density at radius 2 is 2.33 bits per heavy atom.